The molecule has 21 heavy (non-hydrogen) atoms. The topological polar surface area (TPSA) is 56.2 Å². The molecule has 0 unspecified atom stereocenters. The molecule has 1 N–H and O–H groups in total. The minimum atomic E-state index is -0.471. The lowest BCUT2D eigenvalue weighted by molar-refractivity contribution is -0.123. The summed E-state index contributed by atoms with van der Waals surface area (Å²) in [5.41, 5.74) is 0. The molecule has 6 heteroatoms. The predicted octanol–water partition coefficient (Wildman–Crippen LogP) is 1.92. The Hall–Kier alpha value is -2.37. The van der Waals surface area contributed by atoms with Crippen LogP contribution in [-0.2, 0) is 11.3 Å². The number of hydrogen-bond donors (Lipinski definition) is 1. The average Bonchev–Trinajstić information content (AvgIpc) is 2.88. The number of nitrogens with one attached hydrogen (secondary N) is 1. The summed E-state index contributed by atoms with van der Waals surface area (Å²) in [6, 6.07) is 6.01. The van der Waals surface area contributed by atoms with Crippen molar-refractivity contribution in [3.8, 4) is 5.75 Å². The summed E-state index contributed by atoms with van der Waals surface area (Å²) in [6.45, 7) is 3.07. The van der Waals surface area contributed by atoms with Gasteiger partial charge in [0.2, 0.25) is 0 Å². The number of carbonyl (C=O) groups is 1. The molecule has 0 bridgehead atoms. The molecule has 112 valence electrons. The molecule has 5 nitrogen and oxygen atoms in total. The Balaban J connectivity index is 1.64. The van der Waals surface area contributed by atoms with Crippen molar-refractivity contribution in [2.24, 2.45) is 0 Å². The Labute approximate surface area is 122 Å². The Morgan fingerprint density at radius 1 is 1.43 bits per heavy atom. The maximum absolute atomic E-state index is 13.3. The van der Waals surface area contributed by atoms with Gasteiger partial charge in [0.15, 0.2) is 18.2 Å². The van der Waals surface area contributed by atoms with Crippen molar-refractivity contribution in [3.63, 3.8) is 0 Å². The summed E-state index contributed by atoms with van der Waals surface area (Å²) in [5.74, 6) is 0.299. The largest absolute Gasteiger partial charge is 0.481 e. The average molecular weight is 291 g/mol. The predicted molar refractivity (Wildman–Crippen MR) is 76.5 cm³/mol. The van der Waals surface area contributed by atoms with E-state index in [2.05, 4.69) is 10.3 Å². The summed E-state index contributed by atoms with van der Waals surface area (Å²) >= 11 is 0. The molecule has 0 aliphatic carbocycles. The SMILES string of the molecule is Cc1nccn1CCCNC(=O)COc1ccccc1F. The number of amides is 1. The van der Waals surface area contributed by atoms with E-state index in [1.807, 2.05) is 17.7 Å². The van der Waals surface area contributed by atoms with Gasteiger partial charge in [0, 0.05) is 25.5 Å². The summed E-state index contributed by atoms with van der Waals surface area (Å²) in [6.07, 6.45) is 4.44. The molecule has 0 radical (unpaired) electrons. The first kappa shape index (κ1) is 15.0. The fraction of sp³-hybridized carbons (Fsp3) is 0.333. The molecule has 2 aromatic rings. The third kappa shape index (κ3) is 4.59. The maximum atomic E-state index is 13.3. The number of imidazole rings is 1. The Kier molecular flexibility index (Phi) is 5.31. The number of nitrogens with zero attached hydrogens (tertiary/aromatic N) is 2. The van der Waals surface area contributed by atoms with Gasteiger partial charge < -0.3 is 14.6 Å². The molecule has 0 spiro atoms. The van der Waals surface area contributed by atoms with Gasteiger partial charge in [-0.1, -0.05) is 12.1 Å². The number of rotatable bonds is 7. The zero-order chi connectivity index (χ0) is 15.1. The van der Waals surface area contributed by atoms with E-state index in [4.69, 9.17) is 4.74 Å². The third-order valence-electron chi connectivity index (χ3n) is 3.02. The molecule has 1 amide bonds. The quantitative estimate of drug-likeness (QED) is 0.793. The number of aromatic nitrogens is 2. The van der Waals surface area contributed by atoms with E-state index >= 15 is 0 Å². The normalized spacial score (nSPS) is 10.4. The van der Waals surface area contributed by atoms with E-state index < -0.39 is 5.82 Å². The van der Waals surface area contributed by atoms with Crippen LogP contribution < -0.4 is 10.1 Å². The smallest absolute Gasteiger partial charge is 0.257 e. The number of benzene rings is 1. The lowest BCUT2D eigenvalue weighted by Gasteiger charge is -2.08. The van der Waals surface area contributed by atoms with E-state index in [-0.39, 0.29) is 18.3 Å². The van der Waals surface area contributed by atoms with Gasteiger partial charge in [-0.25, -0.2) is 9.37 Å². The van der Waals surface area contributed by atoms with Crippen molar-refractivity contribution in [2.75, 3.05) is 13.2 Å². The van der Waals surface area contributed by atoms with Gasteiger partial charge in [0.25, 0.3) is 5.91 Å². The first-order valence-electron chi connectivity index (χ1n) is 6.78. The second kappa shape index (κ2) is 7.42. The van der Waals surface area contributed by atoms with Gasteiger partial charge in [0.1, 0.15) is 5.82 Å². The number of halogens is 1. The van der Waals surface area contributed by atoms with Crippen LogP contribution in [0, 0.1) is 12.7 Å². The van der Waals surface area contributed by atoms with Gasteiger partial charge in [0.05, 0.1) is 0 Å². The summed E-state index contributed by atoms with van der Waals surface area (Å²) < 4.78 is 20.4. The van der Waals surface area contributed by atoms with E-state index in [1.165, 1.54) is 12.1 Å². The van der Waals surface area contributed by atoms with Crippen LogP contribution in [0.15, 0.2) is 36.7 Å². The summed E-state index contributed by atoms with van der Waals surface area (Å²) in [5, 5.41) is 2.73. The van der Waals surface area contributed by atoms with Crippen LogP contribution >= 0.6 is 0 Å². The lowest BCUT2D eigenvalue weighted by atomic mass is 10.3. The molecule has 0 saturated carbocycles. The highest BCUT2D eigenvalue weighted by molar-refractivity contribution is 5.77. The van der Waals surface area contributed by atoms with Crippen LogP contribution in [0.4, 0.5) is 4.39 Å². The Bertz CT molecular complexity index is 598. The highest BCUT2D eigenvalue weighted by atomic mass is 19.1. The molecular formula is C15H18FN3O2. The second-order valence-electron chi connectivity index (χ2n) is 4.59. The summed E-state index contributed by atoms with van der Waals surface area (Å²) in [4.78, 5) is 15.7. The fourth-order valence-corrected chi connectivity index (χ4v) is 1.87. The minimum Gasteiger partial charge on any atom is -0.481 e. The zero-order valence-corrected chi connectivity index (χ0v) is 11.9. The van der Waals surface area contributed by atoms with Gasteiger partial charge >= 0.3 is 0 Å². The molecule has 1 aromatic heterocycles. The molecule has 0 aliphatic heterocycles. The van der Waals surface area contributed by atoms with Gasteiger partial charge in [-0.15, -0.1) is 0 Å². The first-order valence-corrected chi connectivity index (χ1v) is 6.78. The fourth-order valence-electron chi connectivity index (χ4n) is 1.87. The van der Waals surface area contributed by atoms with Crippen molar-refractivity contribution in [2.45, 2.75) is 19.9 Å². The molecule has 0 atom stereocenters. The van der Waals surface area contributed by atoms with E-state index in [1.54, 1.807) is 18.3 Å². The molecule has 1 heterocycles. The van der Waals surface area contributed by atoms with Crippen molar-refractivity contribution in [1.82, 2.24) is 14.9 Å². The van der Waals surface area contributed by atoms with Gasteiger partial charge in [-0.3, -0.25) is 4.79 Å². The van der Waals surface area contributed by atoms with E-state index in [0.29, 0.717) is 6.54 Å². The Morgan fingerprint density at radius 3 is 2.95 bits per heavy atom. The van der Waals surface area contributed by atoms with Gasteiger partial charge in [-0.2, -0.15) is 0 Å². The van der Waals surface area contributed by atoms with E-state index in [9.17, 15) is 9.18 Å². The number of para-hydroxylation sites is 1. The van der Waals surface area contributed by atoms with Crippen molar-refractivity contribution >= 4 is 5.91 Å². The Morgan fingerprint density at radius 2 is 2.24 bits per heavy atom. The second-order valence-corrected chi connectivity index (χ2v) is 4.59. The molecule has 0 aliphatic rings. The number of ether oxygens (including phenoxy) is 1. The monoisotopic (exact) mass is 291 g/mol. The first-order chi connectivity index (χ1) is 10.2. The summed E-state index contributed by atoms with van der Waals surface area (Å²) in [7, 11) is 0. The molecule has 2 rings (SSSR count). The maximum Gasteiger partial charge on any atom is 0.257 e. The van der Waals surface area contributed by atoms with Gasteiger partial charge in [-0.05, 0) is 25.5 Å². The molecule has 0 fully saturated rings. The van der Waals surface area contributed by atoms with Crippen LogP contribution in [0.3, 0.4) is 0 Å². The number of hydrogen-bond acceptors (Lipinski definition) is 3. The standard InChI is InChI=1S/C15H18FN3O2/c1-12-17-8-10-19(12)9-4-7-18-15(20)11-21-14-6-3-2-5-13(14)16/h2-3,5-6,8,10H,4,7,9,11H2,1H3,(H,18,20). The lowest BCUT2D eigenvalue weighted by Crippen LogP contribution is -2.30. The molecular weight excluding hydrogens is 273 g/mol. The van der Waals surface area contributed by atoms with E-state index in [0.717, 1.165) is 18.8 Å². The van der Waals surface area contributed by atoms with Crippen molar-refractivity contribution in [3.05, 3.63) is 48.3 Å². The number of carbonyl (C=O) groups excluding carboxylic acids is 1. The third-order valence-corrected chi connectivity index (χ3v) is 3.02. The van der Waals surface area contributed by atoms with Crippen LogP contribution in [-0.4, -0.2) is 28.6 Å². The molecule has 0 saturated heterocycles. The minimum absolute atomic E-state index is 0.0849. The highest BCUT2D eigenvalue weighted by Gasteiger charge is 2.05. The van der Waals surface area contributed by atoms with Crippen molar-refractivity contribution in [1.29, 1.82) is 0 Å². The van der Waals surface area contributed by atoms with Crippen LogP contribution in [0.25, 0.3) is 0 Å². The van der Waals surface area contributed by atoms with Crippen LogP contribution in [0.2, 0.25) is 0 Å². The zero-order valence-electron chi connectivity index (χ0n) is 11.9. The van der Waals surface area contributed by atoms with Crippen LogP contribution in [0.5, 0.6) is 5.75 Å². The van der Waals surface area contributed by atoms with Crippen LogP contribution in [0.1, 0.15) is 12.2 Å². The van der Waals surface area contributed by atoms with Crippen molar-refractivity contribution < 1.29 is 13.9 Å². The highest BCUT2D eigenvalue weighted by Crippen LogP contribution is 2.14. The number of aryl methyl sites for hydroxylation is 2. The molecule has 1 aromatic carbocycles.